The van der Waals surface area contributed by atoms with Crippen LogP contribution < -0.4 is 5.32 Å². The van der Waals surface area contributed by atoms with Crippen LogP contribution in [0, 0.1) is 0 Å². The van der Waals surface area contributed by atoms with E-state index in [1.807, 2.05) is 6.92 Å². The summed E-state index contributed by atoms with van der Waals surface area (Å²) in [5.74, 6) is -1.21. The van der Waals surface area contributed by atoms with Crippen molar-refractivity contribution in [2.24, 2.45) is 0 Å². The maximum atomic E-state index is 11.2. The Bertz CT molecular complexity index is 391. The van der Waals surface area contributed by atoms with Crippen molar-refractivity contribution in [3.63, 3.8) is 0 Å². The minimum atomic E-state index is -1.03. The van der Waals surface area contributed by atoms with Crippen molar-refractivity contribution in [3.05, 3.63) is 16.1 Å². The lowest BCUT2D eigenvalue weighted by Gasteiger charge is -2.03. The molecule has 0 atom stereocenters. The van der Waals surface area contributed by atoms with Gasteiger partial charge in [-0.2, -0.15) is 0 Å². The van der Waals surface area contributed by atoms with Gasteiger partial charge < -0.3 is 15.2 Å². The molecule has 0 aliphatic rings. The van der Waals surface area contributed by atoms with Gasteiger partial charge >= 0.3 is 5.97 Å². The third-order valence-electron chi connectivity index (χ3n) is 1.87. The van der Waals surface area contributed by atoms with Crippen molar-refractivity contribution in [3.8, 4) is 0 Å². The van der Waals surface area contributed by atoms with E-state index in [0.29, 0.717) is 24.6 Å². The molecule has 0 radical (unpaired) electrons. The summed E-state index contributed by atoms with van der Waals surface area (Å²) in [4.78, 5) is 25.6. The van der Waals surface area contributed by atoms with Gasteiger partial charge in [-0.1, -0.05) is 0 Å². The number of carbonyl (C=O) groups excluding carboxylic acids is 1. The van der Waals surface area contributed by atoms with Crippen LogP contribution in [0.3, 0.4) is 0 Å². The molecule has 0 saturated heterocycles. The van der Waals surface area contributed by atoms with Gasteiger partial charge in [-0.15, -0.1) is 11.3 Å². The van der Waals surface area contributed by atoms with Crippen molar-refractivity contribution in [1.82, 2.24) is 10.3 Å². The van der Waals surface area contributed by atoms with Crippen LogP contribution in [0.5, 0.6) is 0 Å². The molecular formula is C10H14N2O4S. The maximum Gasteiger partial charge on any atom is 0.355 e. The highest BCUT2D eigenvalue weighted by molar-refractivity contribution is 7.09. The first kappa shape index (κ1) is 13.6. The second-order valence-corrected chi connectivity index (χ2v) is 4.11. The van der Waals surface area contributed by atoms with Crippen molar-refractivity contribution < 1.29 is 19.4 Å². The minimum absolute atomic E-state index is 0.0469. The zero-order valence-electron chi connectivity index (χ0n) is 9.43. The van der Waals surface area contributed by atoms with Gasteiger partial charge in [-0.3, -0.25) is 4.79 Å². The summed E-state index contributed by atoms with van der Waals surface area (Å²) in [5, 5.41) is 13.5. The van der Waals surface area contributed by atoms with E-state index < -0.39 is 5.97 Å². The smallest absolute Gasteiger partial charge is 0.355 e. The number of rotatable bonds is 7. The van der Waals surface area contributed by atoms with Gasteiger partial charge in [-0.25, -0.2) is 9.78 Å². The fourth-order valence-corrected chi connectivity index (χ4v) is 1.85. The van der Waals surface area contributed by atoms with Crippen molar-refractivity contribution in [2.75, 3.05) is 19.8 Å². The predicted octanol–water partition coefficient (Wildman–Crippen LogP) is 0.536. The Morgan fingerprint density at radius 3 is 2.94 bits per heavy atom. The second-order valence-electron chi connectivity index (χ2n) is 3.17. The normalized spacial score (nSPS) is 10.2. The Morgan fingerprint density at radius 1 is 1.59 bits per heavy atom. The number of hydrogen-bond donors (Lipinski definition) is 2. The molecule has 1 rings (SSSR count). The molecule has 1 heterocycles. The predicted molar refractivity (Wildman–Crippen MR) is 62.3 cm³/mol. The first-order chi connectivity index (χ1) is 8.13. The van der Waals surface area contributed by atoms with Gasteiger partial charge in [0.2, 0.25) is 5.91 Å². The van der Waals surface area contributed by atoms with Crippen LogP contribution in [0.15, 0.2) is 5.38 Å². The number of nitrogens with one attached hydrogen (secondary N) is 1. The van der Waals surface area contributed by atoms with E-state index in [-0.39, 0.29) is 18.2 Å². The van der Waals surface area contributed by atoms with Gasteiger partial charge in [-0.05, 0) is 6.92 Å². The fourth-order valence-electron chi connectivity index (χ4n) is 1.08. The summed E-state index contributed by atoms with van der Waals surface area (Å²) in [6.07, 6.45) is 0.524. The van der Waals surface area contributed by atoms with E-state index >= 15 is 0 Å². The number of carboxylic acids is 1. The van der Waals surface area contributed by atoms with Crippen LogP contribution in [-0.4, -0.2) is 41.7 Å². The zero-order chi connectivity index (χ0) is 12.7. The molecule has 0 fully saturated rings. The summed E-state index contributed by atoms with van der Waals surface area (Å²) in [5.41, 5.74) is 0.0469. The monoisotopic (exact) mass is 258 g/mol. The van der Waals surface area contributed by atoms with Gasteiger partial charge in [0.05, 0.1) is 5.01 Å². The van der Waals surface area contributed by atoms with Crippen LogP contribution in [0.2, 0.25) is 0 Å². The van der Waals surface area contributed by atoms with E-state index in [1.54, 1.807) is 0 Å². The molecular weight excluding hydrogens is 244 g/mol. The van der Waals surface area contributed by atoms with Crippen LogP contribution in [0.25, 0.3) is 0 Å². The van der Waals surface area contributed by atoms with Crippen LogP contribution in [-0.2, 0) is 16.0 Å². The highest BCUT2D eigenvalue weighted by atomic mass is 32.1. The first-order valence-corrected chi connectivity index (χ1v) is 6.03. The Hall–Kier alpha value is -1.47. The number of aromatic carboxylic acids is 1. The lowest BCUT2D eigenvalue weighted by atomic mass is 10.4. The highest BCUT2D eigenvalue weighted by Gasteiger charge is 2.08. The molecule has 94 valence electrons. The molecule has 1 aromatic rings. The van der Waals surface area contributed by atoms with Crippen LogP contribution in [0.1, 0.15) is 22.4 Å². The average Bonchev–Trinajstić information content (AvgIpc) is 2.75. The Morgan fingerprint density at radius 2 is 2.35 bits per heavy atom. The molecule has 0 bridgehead atoms. The molecule has 0 unspecified atom stereocenters. The lowest BCUT2D eigenvalue weighted by Crippen LogP contribution is -2.29. The fraction of sp³-hybridized carbons (Fsp3) is 0.500. The summed E-state index contributed by atoms with van der Waals surface area (Å²) in [6.45, 7) is 2.80. The number of aromatic nitrogens is 1. The van der Waals surface area contributed by atoms with E-state index in [9.17, 15) is 9.59 Å². The standard InChI is InChI=1S/C10H14N2O4S/c1-2-16-5-8(13)11-4-3-9-12-7(6-17-9)10(14)15/h6H,2-5H2,1H3,(H,11,13)(H,14,15). The number of carboxylic acid groups (broad SMARTS) is 1. The Kier molecular flexibility index (Phi) is 5.58. The third kappa shape index (κ3) is 4.92. The summed E-state index contributed by atoms with van der Waals surface area (Å²) >= 11 is 1.27. The van der Waals surface area contributed by atoms with Gasteiger partial charge in [0.15, 0.2) is 5.69 Å². The molecule has 0 saturated carbocycles. The molecule has 0 aliphatic heterocycles. The first-order valence-electron chi connectivity index (χ1n) is 5.15. The molecule has 1 aromatic heterocycles. The van der Waals surface area contributed by atoms with Crippen molar-refractivity contribution in [1.29, 1.82) is 0 Å². The zero-order valence-corrected chi connectivity index (χ0v) is 10.2. The topological polar surface area (TPSA) is 88.5 Å². The van der Waals surface area contributed by atoms with E-state index in [4.69, 9.17) is 9.84 Å². The highest BCUT2D eigenvalue weighted by Crippen LogP contribution is 2.09. The third-order valence-corrected chi connectivity index (χ3v) is 2.78. The minimum Gasteiger partial charge on any atom is -0.476 e. The number of nitrogens with zero attached hydrogens (tertiary/aromatic N) is 1. The van der Waals surface area contributed by atoms with Gasteiger partial charge in [0.25, 0.3) is 0 Å². The van der Waals surface area contributed by atoms with Crippen molar-refractivity contribution >= 4 is 23.2 Å². The SMILES string of the molecule is CCOCC(=O)NCCc1nc(C(=O)O)cs1. The number of hydrogen-bond acceptors (Lipinski definition) is 5. The average molecular weight is 258 g/mol. The summed E-state index contributed by atoms with van der Waals surface area (Å²) in [7, 11) is 0. The van der Waals surface area contributed by atoms with Crippen molar-refractivity contribution in [2.45, 2.75) is 13.3 Å². The van der Waals surface area contributed by atoms with Crippen LogP contribution in [0.4, 0.5) is 0 Å². The number of thiazole rings is 1. The summed E-state index contributed by atoms with van der Waals surface area (Å²) < 4.78 is 4.93. The largest absolute Gasteiger partial charge is 0.476 e. The summed E-state index contributed by atoms with van der Waals surface area (Å²) in [6, 6.07) is 0. The molecule has 6 nitrogen and oxygen atoms in total. The Labute approximate surface area is 103 Å². The second kappa shape index (κ2) is 6.97. The quantitative estimate of drug-likeness (QED) is 0.745. The van der Waals surface area contributed by atoms with Crippen LogP contribution >= 0.6 is 11.3 Å². The Balaban J connectivity index is 2.26. The molecule has 0 aromatic carbocycles. The van der Waals surface area contributed by atoms with E-state index in [0.717, 1.165) is 0 Å². The molecule has 17 heavy (non-hydrogen) atoms. The van der Waals surface area contributed by atoms with E-state index in [2.05, 4.69) is 10.3 Å². The number of ether oxygens (including phenoxy) is 1. The molecule has 2 N–H and O–H groups in total. The number of carbonyl (C=O) groups is 2. The van der Waals surface area contributed by atoms with E-state index in [1.165, 1.54) is 16.7 Å². The molecule has 1 amide bonds. The van der Waals surface area contributed by atoms with Gasteiger partial charge in [0.1, 0.15) is 6.61 Å². The maximum absolute atomic E-state index is 11.2. The molecule has 0 aliphatic carbocycles. The molecule has 0 spiro atoms. The lowest BCUT2D eigenvalue weighted by molar-refractivity contribution is -0.125. The number of amides is 1. The molecule has 7 heteroatoms. The van der Waals surface area contributed by atoms with Gasteiger partial charge in [0, 0.05) is 25.0 Å².